The Morgan fingerprint density at radius 1 is 1.19 bits per heavy atom. The monoisotopic (exact) mass is 313 g/mol. The van der Waals surface area contributed by atoms with Gasteiger partial charge in [-0.1, -0.05) is 25.7 Å². The molecule has 0 aromatic heterocycles. The number of carbonyl (C=O) groups excluding carboxylic acids is 1. The average Bonchev–Trinajstić information content (AvgIpc) is 2.50. The lowest BCUT2D eigenvalue weighted by molar-refractivity contribution is -0.143. The van der Waals surface area contributed by atoms with Crippen molar-refractivity contribution < 1.29 is 14.7 Å². The Bertz CT molecular complexity index is 375. The molecule has 4 atom stereocenters. The second-order valence-electron chi connectivity index (χ2n) is 6.50. The van der Waals surface area contributed by atoms with Crippen molar-refractivity contribution >= 4 is 23.6 Å². The van der Waals surface area contributed by atoms with E-state index in [0.717, 1.165) is 30.9 Å². The van der Waals surface area contributed by atoms with Crippen LogP contribution in [-0.4, -0.2) is 35.0 Å². The predicted octanol–water partition coefficient (Wildman–Crippen LogP) is 2.92. The molecule has 0 bridgehead atoms. The SMILES string of the molecule is CSCC[C@H](NC(=O)C1CCC2CCCCC2C1)C(=O)O. The Labute approximate surface area is 131 Å². The van der Waals surface area contributed by atoms with E-state index in [1.165, 1.54) is 25.7 Å². The van der Waals surface area contributed by atoms with E-state index in [9.17, 15) is 14.7 Å². The minimum absolute atomic E-state index is 0.0282. The quantitative estimate of drug-likeness (QED) is 0.791. The summed E-state index contributed by atoms with van der Waals surface area (Å²) in [6.07, 6.45) is 10.7. The first-order valence-electron chi connectivity index (χ1n) is 8.14. The number of fused-ring (bicyclic) bond motifs is 1. The fourth-order valence-electron chi connectivity index (χ4n) is 3.89. The number of rotatable bonds is 6. The average molecular weight is 313 g/mol. The molecule has 0 aromatic rings. The number of hydrogen-bond acceptors (Lipinski definition) is 3. The Hall–Kier alpha value is -0.710. The van der Waals surface area contributed by atoms with Gasteiger partial charge in [-0.2, -0.15) is 11.8 Å². The van der Waals surface area contributed by atoms with Gasteiger partial charge in [0.2, 0.25) is 5.91 Å². The summed E-state index contributed by atoms with van der Waals surface area (Å²) in [5.74, 6) is 1.34. The maximum absolute atomic E-state index is 12.4. The number of nitrogens with one attached hydrogen (secondary N) is 1. The van der Waals surface area contributed by atoms with Crippen LogP contribution in [0.2, 0.25) is 0 Å². The second kappa shape index (κ2) is 8.06. The molecule has 0 aliphatic heterocycles. The summed E-state index contributed by atoms with van der Waals surface area (Å²) in [5, 5.41) is 12.0. The van der Waals surface area contributed by atoms with Gasteiger partial charge in [0.25, 0.3) is 0 Å². The minimum atomic E-state index is -0.913. The van der Waals surface area contributed by atoms with Crippen molar-refractivity contribution in [3.8, 4) is 0 Å². The summed E-state index contributed by atoms with van der Waals surface area (Å²) in [6, 6.07) is -0.728. The maximum Gasteiger partial charge on any atom is 0.326 e. The van der Waals surface area contributed by atoms with E-state index in [4.69, 9.17) is 0 Å². The highest BCUT2D eigenvalue weighted by atomic mass is 32.2. The summed E-state index contributed by atoms with van der Waals surface area (Å²) in [5.41, 5.74) is 0. The van der Waals surface area contributed by atoms with Gasteiger partial charge >= 0.3 is 5.97 Å². The summed E-state index contributed by atoms with van der Waals surface area (Å²) in [6.45, 7) is 0. The third-order valence-electron chi connectivity index (χ3n) is 5.14. The summed E-state index contributed by atoms with van der Waals surface area (Å²) in [7, 11) is 0. The second-order valence-corrected chi connectivity index (χ2v) is 7.48. The zero-order valence-corrected chi connectivity index (χ0v) is 13.7. The summed E-state index contributed by atoms with van der Waals surface area (Å²) < 4.78 is 0. The highest BCUT2D eigenvalue weighted by molar-refractivity contribution is 7.98. The minimum Gasteiger partial charge on any atom is -0.480 e. The van der Waals surface area contributed by atoms with Crippen LogP contribution in [0.25, 0.3) is 0 Å². The molecule has 2 rings (SSSR count). The molecule has 5 heteroatoms. The Balaban J connectivity index is 1.85. The molecule has 0 heterocycles. The number of thioether (sulfide) groups is 1. The van der Waals surface area contributed by atoms with E-state index >= 15 is 0 Å². The van der Waals surface area contributed by atoms with Crippen molar-refractivity contribution in [2.75, 3.05) is 12.0 Å². The van der Waals surface area contributed by atoms with Gasteiger partial charge in [0.05, 0.1) is 0 Å². The summed E-state index contributed by atoms with van der Waals surface area (Å²) in [4.78, 5) is 23.6. The Morgan fingerprint density at radius 2 is 1.90 bits per heavy atom. The molecule has 2 fully saturated rings. The first-order chi connectivity index (χ1) is 10.1. The molecule has 120 valence electrons. The maximum atomic E-state index is 12.4. The van der Waals surface area contributed by atoms with Gasteiger partial charge < -0.3 is 10.4 Å². The summed E-state index contributed by atoms with van der Waals surface area (Å²) >= 11 is 1.61. The normalized spacial score (nSPS) is 30.2. The molecular formula is C16H27NO3S. The smallest absolute Gasteiger partial charge is 0.326 e. The molecule has 0 radical (unpaired) electrons. The van der Waals surface area contributed by atoms with Gasteiger partial charge in [-0.05, 0) is 49.5 Å². The molecule has 21 heavy (non-hydrogen) atoms. The van der Waals surface area contributed by atoms with Gasteiger partial charge in [-0.25, -0.2) is 4.79 Å². The van der Waals surface area contributed by atoms with Crippen LogP contribution < -0.4 is 5.32 Å². The van der Waals surface area contributed by atoms with E-state index in [1.54, 1.807) is 11.8 Å². The number of carboxylic acid groups (broad SMARTS) is 1. The molecule has 2 saturated carbocycles. The number of amides is 1. The zero-order valence-electron chi connectivity index (χ0n) is 12.8. The number of carboxylic acids is 1. The number of aliphatic carboxylic acids is 1. The molecule has 2 aliphatic rings. The van der Waals surface area contributed by atoms with Crippen molar-refractivity contribution in [2.45, 2.75) is 57.4 Å². The molecule has 2 aliphatic carbocycles. The standard InChI is InChI=1S/C16H27NO3S/c1-21-9-8-14(16(19)20)17-15(18)13-7-6-11-4-2-3-5-12(11)10-13/h11-14H,2-10H2,1H3,(H,17,18)(H,19,20)/t11?,12?,13?,14-/m0/s1. The van der Waals surface area contributed by atoms with Crippen molar-refractivity contribution in [3.05, 3.63) is 0 Å². The third-order valence-corrected chi connectivity index (χ3v) is 5.78. The van der Waals surface area contributed by atoms with Crippen molar-refractivity contribution in [1.29, 1.82) is 0 Å². The highest BCUT2D eigenvalue weighted by Gasteiger charge is 2.35. The van der Waals surface area contributed by atoms with Crippen molar-refractivity contribution in [3.63, 3.8) is 0 Å². The fourth-order valence-corrected chi connectivity index (χ4v) is 4.37. The van der Waals surface area contributed by atoms with Gasteiger partial charge in [-0.3, -0.25) is 4.79 Å². The van der Waals surface area contributed by atoms with Crippen LogP contribution in [0.1, 0.15) is 51.4 Å². The van der Waals surface area contributed by atoms with Crippen LogP contribution in [0.3, 0.4) is 0 Å². The Morgan fingerprint density at radius 3 is 2.57 bits per heavy atom. The van der Waals surface area contributed by atoms with Crippen molar-refractivity contribution in [2.24, 2.45) is 17.8 Å². The molecule has 0 spiro atoms. The van der Waals surface area contributed by atoms with Gasteiger partial charge in [0.1, 0.15) is 6.04 Å². The molecule has 0 saturated heterocycles. The predicted molar refractivity (Wildman–Crippen MR) is 85.4 cm³/mol. The largest absolute Gasteiger partial charge is 0.480 e. The van der Waals surface area contributed by atoms with Crippen LogP contribution in [0.15, 0.2) is 0 Å². The van der Waals surface area contributed by atoms with Crippen LogP contribution >= 0.6 is 11.8 Å². The highest BCUT2D eigenvalue weighted by Crippen LogP contribution is 2.42. The first kappa shape index (κ1) is 16.7. The van der Waals surface area contributed by atoms with Crippen molar-refractivity contribution in [1.82, 2.24) is 5.32 Å². The van der Waals surface area contributed by atoms with E-state index < -0.39 is 12.0 Å². The molecule has 3 unspecified atom stereocenters. The van der Waals surface area contributed by atoms with E-state index in [0.29, 0.717) is 12.3 Å². The number of hydrogen-bond donors (Lipinski definition) is 2. The van der Waals surface area contributed by atoms with Crippen LogP contribution in [0, 0.1) is 17.8 Å². The van der Waals surface area contributed by atoms with E-state index in [1.807, 2.05) is 6.26 Å². The van der Waals surface area contributed by atoms with Gasteiger partial charge in [-0.15, -0.1) is 0 Å². The van der Waals surface area contributed by atoms with E-state index in [2.05, 4.69) is 5.32 Å². The third kappa shape index (κ3) is 4.63. The zero-order chi connectivity index (χ0) is 15.2. The van der Waals surface area contributed by atoms with Gasteiger partial charge in [0.15, 0.2) is 0 Å². The van der Waals surface area contributed by atoms with E-state index in [-0.39, 0.29) is 11.8 Å². The fraction of sp³-hybridized carbons (Fsp3) is 0.875. The Kier molecular flexibility index (Phi) is 6.40. The van der Waals surface area contributed by atoms with Crippen LogP contribution in [0.5, 0.6) is 0 Å². The topological polar surface area (TPSA) is 66.4 Å². The van der Waals surface area contributed by atoms with Gasteiger partial charge in [0, 0.05) is 5.92 Å². The lowest BCUT2D eigenvalue weighted by Crippen LogP contribution is -2.45. The molecule has 1 amide bonds. The van der Waals surface area contributed by atoms with Crippen LogP contribution in [-0.2, 0) is 9.59 Å². The first-order valence-corrected chi connectivity index (χ1v) is 9.53. The lowest BCUT2D eigenvalue weighted by Gasteiger charge is -2.39. The molecule has 0 aromatic carbocycles. The molecule has 2 N–H and O–H groups in total. The number of carbonyl (C=O) groups is 2. The van der Waals surface area contributed by atoms with Crippen LogP contribution in [0.4, 0.5) is 0 Å². The molecule has 4 nitrogen and oxygen atoms in total. The lowest BCUT2D eigenvalue weighted by atomic mass is 9.67. The molecular weight excluding hydrogens is 286 g/mol.